The minimum absolute atomic E-state index is 0.0281. The van der Waals surface area contributed by atoms with Gasteiger partial charge in [0.25, 0.3) is 0 Å². The second kappa shape index (κ2) is 7.55. The van der Waals surface area contributed by atoms with Gasteiger partial charge in [0, 0.05) is 37.4 Å². The van der Waals surface area contributed by atoms with Crippen molar-refractivity contribution in [1.82, 2.24) is 9.88 Å². The lowest BCUT2D eigenvalue weighted by Crippen LogP contribution is -2.29. The van der Waals surface area contributed by atoms with Gasteiger partial charge >= 0.3 is 5.97 Å². The Hall–Kier alpha value is -2.25. The first kappa shape index (κ1) is 16.6. The molecule has 6 nitrogen and oxygen atoms in total. The summed E-state index contributed by atoms with van der Waals surface area (Å²) in [5.74, 6) is -1.27. The Morgan fingerprint density at radius 2 is 2.04 bits per heavy atom. The van der Waals surface area contributed by atoms with Gasteiger partial charge in [0.1, 0.15) is 0 Å². The van der Waals surface area contributed by atoms with Gasteiger partial charge in [-0.2, -0.15) is 0 Å². The zero-order valence-electron chi connectivity index (χ0n) is 13.2. The summed E-state index contributed by atoms with van der Waals surface area (Å²) < 4.78 is 0. The van der Waals surface area contributed by atoms with E-state index in [0.717, 1.165) is 31.7 Å². The van der Waals surface area contributed by atoms with Crippen LogP contribution in [0.25, 0.3) is 0 Å². The maximum Gasteiger partial charge on any atom is 0.303 e. The molecule has 0 radical (unpaired) electrons. The number of aliphatic carboxylic acids is 1. The molecule has 2 heterocycles. The number of carboxylic acid groups (broad SMARTS) is 1. The molecule has 0 saturated carbocycles. The number of benzene rings is 1. The van der Waals surface area contributed by atoms with E-state index >= 15 is 0 Å². The zero-order valence-corrected chi connectivity index (χ0v) is 14.0. The molecule has 0 atom stereocenters. The number of aromatic nitrogens is 1. The highest BCUT2D eigenvalue weighted by Gasteiger charge is 2.21. The van der Waals surface area contributed by atoms with Crippen LogP contribution in [-0.4, -0.2) is 33.4 Å². The molecular weight excluding hydrogens is 326 g/mol. The van der Waals surface area contributed by atoms with Gasteiger partial charge in [-0.25, -0.2) is 4.98 Å². The molecule has 0 aliphatic carbocycles. The number of nitrogens with one attached hydrogen (secondary N) is 1. The first-order chi connectivity index (χ1) is 11.6. The van der Waals surface area contributed by atoms with Gasteiger partial charge in [0.15, 0.2) is 5.13 Å². The topological polar surface area (TPSA) is 82.5 Å². The maximum absolute atomic E-state index is 11.7. The fraction of sp³-hybridized carbons (Fsp3) is 0.353. The molecule has 126 valence electrons. The Kier molecular flexibility index (Phi) is 5.22. The Morgan fingerprint density at radius 1 is 1.25 bits per heavy atom. The van der Waals surface area contributed by atoms with Crippen LogP contribution < -0.4 is 5.32 Å². The highest BCUT2D eigenvalue weighted by Crippen LogP contribution is 2.29. The molecule has 1 aliphatic heterocycles. The molecule has 1 amide bonds. The summed E-state index contributed by atoms with van der Waals surface area (Å²) >= 11 is 1.48. The largest absolute Gasteiger partial charge is 0.481 e. The van der Waals surface area contributed by atoms with Crippen molar-refractivity contribution in [2.24, 2.45) is 0 Å². The number of carbonyl (C=O) groups is 2. The van der Waals surface area contributed by atoms with Crippen molar-refractivity contribution in [2.45, 2.75) is 32.4 Å². The van der Waals surface area contributed by atoms with E-state index < -0.39 is 5.97 Å². The van der Waals surface area contributed by atoms with Crippen LogP contribution in [0.5, 0.6) is 0 Å². The number of hydrogen-bond donors (Lipinski definition) is 2. The van der Waals surface area contributed by atoms with Crippen molar-refractivity contribution in [2.75, 3.05) is 11.9 Å². The Labute approximate surface area is 144 Å². The number of anilines is 1. The van der Waals surface area contributed by atoms with E-state index in [2.05, 4.69) is 27.3 Å². The molecule has 0 fully saturated rings. The lowest BCUT2D eigenvalue weighted by molar-refractivity contribution is -0.138. The van der Waals surface area contributed by atoms with Crippen molar-refractivity contribution in [3.05, 3.63) is 46.5 Å². The molecule has 1 aliphatic rings. The predicted molar refractivity (Wildman–Crippen MR) is 91.9 cm³/mol. The number of rotatable bonds is 6. The third kappa shape index (κ3) is 4.39. The summed E-state index contributed by atoms with van der Waals surface area (Å²) in [4.78, 5) is 30.2. The summed E-state index contributed by atoms with van der Waals surface area (Å²) in [6, 6.07) is 10.3. The van der Waals surface area contributed by atoms with E-state index in [1.807, 2.05) is 18.2 Å². The van der Waals surface area contributed by atoms with Crippen molar-refractivity contribution in [3.8, 4) is 0 Å². The monoisotopic (exact) mass is 345 g/mol. The Morgan fingerprint density at radius 3 is 2.79 bits per heavy atom. The molecule has 0 saturated heterocycles. The number of fused-ring (bicyclic) bond motifs is 1. The quantitative estimate of drug-likeness (QED) is 0.840. The van der Waals surface area contributed by atoms with Gasteiger partial charge in [-0.15, -0.1) is 11.3 Å². The van der Waals surface area contributed by atoms with Gasteiger partial charge in [0.2, 0.25) is 5.91 Å². The summed E-state index contributed by atoms with van der Waals surface area (Å²) in [5, 5.41) is 11.9. The number of carbonyl (C=O) groups excluding carboxylic acids is 1. The molecule has 7 heteroatoms. The predicted octanol–water partition coefficient (Wildman–Crippen LogP) is 2.50. The van der Waals surface area contributed by atoms with Crippen LogP contribution in [0.4, 0.5) is 5.13 Å². The smallest absolute Gasteiger partial charge is 0.303 e. The minimum atomic E-state index is -0.972. The van der Waals surface area contributed by atoms with E-state index in [9.17, 15) is 9.59 Å². The van der Waals surface area contributed by atoms with E-state index in [0.29, 0.717) is 5.13 Å². The number of amides is 1. The summed E-state index contributed by atoms with van der Waals surface area (Å²) in [6.45, 7) is 2.67. The molecule has 24 heavy (non-hydrogen) atoms. The number of hydrogen-bond acceptors (Lipinski definition) is 5. The van der Waals surface area contributed by atoms with Gasteiger partial charge in [0.05, 0.1) is 12.1 Å². The molecule has 3 rings (SSSR count). The van der Waals surface area contributed by atoms with Crippen LogP contribution in [0.2, 0.25) is 0 Å². The van der Waals surface area contributed by atoms with Crippen LogP contribution in [0.1, 0.15) is 29.0 Å². The van der Waals surface area contributed by atoms with Gasteiger partial charge < -0.3 is 10.4 Å². The molecule has 1 aromatic heterocycles. The summed E-state index contributed by atoms with van der Waals surface area (Å²) in [6.07, 6.45) is 0.672. The average molecular weight is 345 g/mol. The molecule has 1 aromatic carbocycles. The van der Waals surface area contributed by atoms with Crippen LogP contribution in [0.3, 0.4) is 0 Å². The molecule has 0 spiro atoms. The summed E-state index contributed by atoms with van der Waals surface area (Å²) in [7, 11) is 0. The maximum atomic E-state index is 11.7. The highest BCUT2D eigenvalue weighted by atomic mass is 32.1. The summed E-state index contributed by atoms with van der Waals surface area (Å²) in [5.41, 5.74) is 2.32. The lowest BCUT2D eigenvalue weighted by Gasteiger charge is -2.25. The lowest BCUT2D eigenvalue weighted by atomic mass is 10.1. The first-order valence-corrected chi connectivity index (χ1v) is 8.68. The second-order valence-electron chi connectivity index (χ2n) is 5.78. The van der Waals surface area contributed by atoms with Crippen molar-refractivity contribution in [1.29, 1.82) is 0 Å². The zero-order chi connectivity index (χ0) is 16.9. The second-order valence-corrected chi connectivity index (χ2v) is 6.86. The fourth-order valence-electron chi connectivity index (χ4n) is 2.68. The number of thiazole rings is 1. The Balaban J connectivity index is 1.58. The highest BCUT2D eigenvalue weighted by molar-refractivity contribution is 7.15. The van der Waals surface area contributed by atoms with Crippen LogP contribution in [0, 0.1) is 0 Å². The standard InChI is InChI=1S/C17H19N3O3S/c21-15(6-7-16(22)23)19-17-18-13-8-9-20(11-14(13)24-17)10-12-4-2-1-3-5-12/h1-5H,6-11H2,(H,22,23)(H,18,19,21). The first-order valence-electron chi connectivity index (χ1n) is 7.86. The van der Waals surface area contributed by atoms with Gasteiger partial charge in [-0.3, -0.25) is 14.5 Å². The molecule has 0 unspecified atom stereocenters. The minimum Gasteiger partial charge on any atom is -0.481 e. The third-order valence-corrected chi connectivity index (χ3v) is 4.87. The van der Waals surface area contributed by atoms with Crippen LogP contribution in [-0.2, 0) is 29.1 Å². The normalized spacial score (nSPS) is 14.2. The fourth-order valence-corrected chi connectivity index (χ4v) is 3.75. The Bertz CT molecular complexity index is 730. The average Bonchev–Trinajstić information content (AvgIpc) is 2.95. The van der Waals surface area contributed by atoms with Crippen LogP contribution in [0.15, 0.2) is 30.3 Å². The van der Waals surface area contributed by atoms with Crippen molar-refractivity contribution in [3.63, 3.8) is 0 Å². The molecule has 0 bridgehead atoms. The third-order valence-electron chi connectivity index (χ3n) is 3.87. The van der Waals surface area contributed by atoms with Crippen molar-refractivity contribution < 1.29 is 14.7 Å². The number of carboxylic acids is 1. The van der Waals surface area contributed by atoms with Crippen LogP contribution >= 0.6 is 11.3 Å². The molecule has 2 N–H and O–H groups in total. The molecule has 2 aromatic rings. The number of nitrogens with zero attached hydrogens (tertiary/aromatic N) is 2. The van der Waals surface area contributed by atoms with E-state index in [1.165, 1.54) is 21.8 Å². The van der Waals surface area contributed by atoms with Crippen molar-refractivity contribution >= 4 is 28.3 Å². The van der Waals surface area contributed by atoms with Gasteiger partial charge in [-0.05, 0) is 5.56 Å². The van der Waals surface area contributed by atoms with E-state index in [1.54, 1.807) is 0 Å². The van der Waals surface area contributed by atoms with E-state index in [4.69, 9.17) is 5.11 Å². The van der Waals surface area contributed by atoms with E-state index in [-0.39, 0.29) is 18.7 Å². The van der Waals surface area contributed by atoms with Gasteiger partial charge in [-0.1, -0.05) is 30.3 Å². The SMILES string of the molecule is O=C(O)CCC(=O)Nc1nc2c(s1)CN(Cc1ccccc1)CC2. The molecular formula is C17H19N3O3S.